The SMILES string of the molecule is Cc1ccc(-n2nnnc2SC(C)C(=O)NCc2ccco2)cc1C. The number of tetrazole rings is 1. The van der Waals surface area contributed by atoms with Crippen molar-refractivity contribution in [3.63, 3.8) is 0 Å². The summed E-state index contributed by atoms with van der Waals surface area (Å²) in [6.45, 7) is 6.28. The highest BCUT2D eigenvalue weighted by molar-refractivity contribution is 8.00. The van der Waals surface area contributed by atoms with E-state index >= 15 is 0 Å². The zero-order chi connectivity index (χ0) is 17.8. The molecular formula is C17H19N5O2S. The number of aromatic nitrogens is 4. The lowest BCUT2D eigenvalue weighted by Crippen LogP contribution is -2.30. The van der Waals surface area contributed by atoms with Crippen molar-refractivity contribution in [1.82, 2.24) is 25.5 Å². The molecule has 2 aromatic heterocycles. The fraction of sp³-hybridized carbons (Fsp3) is 0.294. The fourth-order valence-corrected chi connectivity index (χ4v) is 3.05. The molecule has 1 amide bonds. The van der Waals surface area contributed by atoms with Crippen LogP contribution in [0.15, 0.2) is 46.2 Å². The zero-order valence-electron chi connectivity index (χ0n) is 14.3. The molecule has 8 heteroatoms. The quantitative estimate of drug-likeness (QED) is 0.683. The standard InChI is InChI=1S/C17H19N5O2S/c1-11-6-7-14(9-12(11)2)22-17(19-20-21-22)25-13(3)16(23)18-10-15-5-4-8-24-15/h4-9,13H,10H2,1-3H3,(H,18,23). The van der Waals surface area contributed by atoms with E-state index in [1.165, 1.54) is 17.3 Å². The van der Waals surface area contributed by atoms with Crippen LogP contribution >= 0.6 is 11.8 Å². The number of carbonyl (C=O) groups is 1. The van der Waals surface area contributed by atoms with E-state index in [4.69, 9.17) is 4.42 Å². The van der Waals surface area contributed by atoms with Gasteiger partial charge in [-0.25, -0.2) is 0 Å². The molecule has 0 fully saturated rings. The Morgan fingerprint density at radius 3 is 2.88 bits per heavy atom. The maximum absolute atomic E-state index is 12.3. The van der Waals surface area contributed by atoms with Crippen LogP contribution in [0, 0.1) is 13.8 Å². The smallest absolute Gasteiger partial charge is 0.233 e. The molecule has 1 unspecified atom stereocenters. The summed E-state index contributed by atoms with van der Waals surface area (Å²) in [6.07, 6.45) is 1.58. The third-order valence-electron chi connectivity index (χ3n) is 3.84. The minimum absolute atomic E-state index is 0.101. The van der Waals surface area contributed by atoms with Gasteiger partial charge in [-0.2, -0.15) is 4.68 Å². The molecule has 25 heavy (non-hydrogen) atoms. The number of amides is 1. The fourth-order valence-electron chi connectivity index (χ4n) is 2.21. The van der Waals surface area contributed by atoms with Crippen LogP contribution in [0.2, 0.25) is 0 Å². The molecule has 7 nitrogen and oxygen atoms in total. The number of nitrogens with one attached hydrogen (secondary N) is 1. The molecule has 1 aromatic carbocycles. The van der Waals surface area contributed by atoms with E-state index in [9.17, 15) is 4.79 Å². The van der Waals surface area contributed by atoms with Crippen molar-refractivity contribution in [1.29, 1.82) is 0 Å². The molecule has 0 radical (unpaired) electrons. The monoisotopic (exact) mass is 357 g/mol. The molecule has 1 atom stereocenters. The number of furan rings is 1. The van der Waals surface area contributed by atoms with Gasteiger partial charge < -0.3 is 9.73 Å². The number of benzene rings is 1. The van der Waals surface area contributed by atoms with Crippen LogP contribution in [-0.2, 0) is 11.3 Å². The number of thioether (sulfide) groups is 1. The van der Waals surface area contributed by atoms with Crippen molar-refractivity contribution in [2.24, 2.45) is 0 Å². The van der Waals surface area contributed by atoms with Crippen LogP contribution in [0.1, 0.15) is 23.8 Å². The second kappa shape index (κ2) is 7.52. The molecule has 1 N–H and O–H groups in total. The Bertz CT molecular complexity index is 860. The molecule has 130 valence electrons. The minimum atomic E-state index is -0.341. The van der Waals surface area contributed by atoms with Crippen molar-refractivity contribution in [3.05, 3.63) is 53.5 Å². The highest BCUT2D eigenvalue weighted by atomic mass is 32.2. The van der Waals surface area contributed by atoms with Gasteiger partial charge in [-0.15, -0.1) is 5.10 Å². The zero-order valence-corrected chi connectivity index (χ0v) is 15.1. The molecule has 0 aliphatic heterocycles. The molecule has 3 rings (SSSR count). The Labute approximate surface area is 149 Å². The predicted octanol–water partition coefficient (Wildman–Crippen LogP) is 2.67. The van der Waals surface area contributed by atoms with Crippen LogP contribution in [0.5, 0.6) is 0 Å². The van der Waals surface area contributed by atoms with Gasteiger partial charge in [-0.3, -0.25) is 4.79 Å². The topological polar surface area (TPSA) is 85.8 Å². The van der Waals surface area contributed by atoms with Crippen LogP contribution in [-0.4, -0.2) is 31.4 Å². The third-order valence-corrected chi connectivity index (χ3v) is 4.88. The maximum Gasteiger partial charge on any atom is 0.233 e. The molecule has 3 aromatic rings. The van der Waals surface area contributed by atoms with Gasteiger partial charge >= 0.3 is 0 Å². The average molecular weight is 357 g/mol. The van der Waals surface area contributed by atoms with Crippen molar-refractivity contribution >= 4 is 17.7 Å². The van der Waals surface area contributed by atoms with E-state index in [0.29, 0.717) is 17.5 Å². The summed E-state index contributed by atoms with van der Waals surface area (Å²) < 4.78 is 6.86. The van der Waals surface area contributed by atoms with E-state index in [1.54, 1.807) is 17.0 Å². The van der Waals surface area contributed by atoms with Crippen molar-refractivity contribution in [2.45, 2.75) is 37.7 Å². The maximum atomic E-state index is 12.3. The van der Waals surface area contributed by atoms with E-state index in [1.807, 2.05) is 38.1 Å². The lowest BCUT2D eigenvalue weighted by atomic mass is 10.1. The predicted molar refractivity (Wildman–Crippen MR) is 94.5 cm³/mol. The molecule has 0 saturated heterocycles. The summed E-state index contributed by atoms with van der Waals surface area (Å²) in [4.78, 5) is 12.3. The van der Waals surface area contributed by atoms with Crippen molar-refractivity contribution in [3.8, 4) is 5.69 Å². The Morgan fingerprint density at radius 2 is 2.16 bits per heavy atom. The Morgan fingerprint density at radius 1 is 1.32 bits per heavy atom. The first-order valence-corrected chi connectivity index (χ1v) is 8.75. The van der Waals surface area contributed by atoms with Gasteiger partial charge in [0.25, 0.3) is 0 Å². The lowest BCUT2D eigenvalue weighted by Gasteiger charge is -2.11. The van der Waals surface area contributed by atoms with Crippen molar-refractivity contribution in [2.75, 3.05) is 0 Å². The number of hydrogen-bond acceptors (Lipinski definition) is 6. The number of rotatable bonds is 6. The summed E-state index contributed by atoms with van der Waals surface area (Å²) >= 11 is 1.31. The first kappa shape index (κ1) is 17.2. The van der Waals surface area contributed by atoms with Crippen molar-refractivity contribution < 1.29 is 9.21 Å². The molecule has 0 aliphatic carbocycles. The highest BCUT2D eigenvalue weighted by Gasteiger charge is 2.19. The number of nitrogens with zero attached hydrogens (tertiary/aromatic N) is 4. The summed E-state index contributed by atoms with van der Waals surface area (Å²) in [5, 5.41) is 14.9. The first-order chi connectivity index (χ1) is 12.0. The largest absolute Gasteiger partial charge is 0.467 e. The van der Waals surface area contributed by atoms with Gasteiger partial charge in [0, 0.05) is 0 Å². The molecule has 2 heterocycles. The number of carbonyl (C=O) groups excluding carboxylic acids is 1. The van der Waals surface area contributed by atoms with Gasteiger partial charge in [0.2, 0.25) is 11.1 Å². The summed E-state index contributed by atoms with van der Waals surface area (Å²) in [5.41, 5.74) is 3.24. The van der Waals surface area contributed by atoms with Crippen LogP contribution in [0.4, 0.5) is 0 Å². The minimum Gasteiger partial charge on any atom is -0.467 e. The van der Waals surface area contributed by atoms with Gasteiger partial charge in [0.15, 0.2) is 0 Å². The van der Waals surface area contributed by atoms with E-state index in [-0.39, 0.29) is 11.2 Å². The Kier molecular flexibility index (Phi) is 5.18. The summed E-state index contributed by atoms with van der Waals surface area (Å²) in [7, 11) is 0. The molecule has 0 spiro atoms. The second-order valence-corrected chi connectivity index (χ2v) is 7.01. The van der Waals surface area contributed by atoms with E-state index in [0.717, 1.165) is 11.3 Å². The lowest BCUT2D eigenvalue weighted by molar-refractivity contribution is -0.120. The molecule has 0 aliphatic rings. The van der Waals surface area contributed by atoms with Gasteiger partial charge in [0.05, 0.1) is 23.7 Å². The number of aryl methyl sites for hydroxylation is 2. The van der Waals surface area contributed by atoms with Gasteiger partial charge in [-0.05, 0) is 66.6 Å². The van der Waals surface area contributed by atoms with Crippen LogP contribution in [0.25, 0.3) is 5.69 Å². The number of hydrogen-bond donors (Lipinski definition) is 1. The first-order valence-electron chi connectivity index (χ1n) is 7.87. The Balaban J connectivity index is 1.67. The summed E-state index contributed by atoms with van der Waals surface area (Å²) in [5.74, 6) is 0.613. The van der Waals surface area contributed by atoms with Crippen LogP contribution in [0.3, 0.4) is 0 Å². The van der Waals surface area contributed by atoms with Gasteiger partial charge in [-0.1, -0.05) is 17.8 Å². The highest BCUT2D eigenvalue weighted by Crippen LogP contribution is 2.24. The molecule has 0 bridgehead atoms. The normalized spacial score (nSPS) is 12.1. The van der Waals surface area contributed by atoms with Gasteiger partial charge in [0.1, 0.15) is 5.76 Å². The average Bonchev–Trinajstić information content (AvgIpc) is 3.27. The molecular weight excluding hydrogens is 338 g/mol. The second-order valence-electron chi connectivity index (χ2n) is 5.70. The van der Waals surface area contributed by atoms with E-state index < -0.39 is 0 Å². The van der Waals surface area contributed by atoms with E-state index in [2.05, 4.69) is 27.8 Å². The molecule has 0 saturated carbocycles. The summed E-state index contributed by atoms with van der Waals surface area (Å²) in [6, 6.07) is 9.62. The Hall–Kier alpha value is -2.61. The van der Waals surface area contributed by atoms with Crippen LogP contribution < -0.4 is 5.32 Å². The third kappa shape index (κ3) is 4.08.